The van der Waals surface area contributed by atoms with Crippen LogP contribution in [0.4, 0.5) is 0 Å². The van der Waals surface area contributed by atoms with E-state index in [0.29, 0.717) is 0 Å². The highest BCUT2D eigenvalue weighted by Gasteiger charge is 2.47. The molecule has 0 bridgehead atoms. The van der Waals surface area contributed by atoms with Crippen LogP contribution in [-0.2, 0) is 15.9 Å². The molecule has 1 heteroatoms. The highest BCUT2D eigenvalue weighted by molar-refractivity contribution is 5.40. The third kappa shape index (κ3) is 4.32. The molecule has 0 aliphatic carbocycles. The van der Waals surface area contributed by atoms with Crippen molar-refractivity contribution in [3.8, 4) is 0 Å². The summed E-state index contributed by atoms with van der Waals surface area (Å²) in [6.07, 6.45) is 4.59. The van der Waals surface area contributed by atoms with Crippen molar-refractivity contribution in [1.82, 2.24) is 0 Å². The van der Waals surface area contributed by atoms with Crippen molar-refractivity contribution in [2.45, 2.75) is 92.3 Å². The standard InChI is InChI=1S/C16H24O.2C2H6/c1-5-11-16(12-6-2)14-10-8-7-9-13(14)15(3,4)17-16;2*1-2/h7-10H,5-6,11-12H2,1-4H3;2*1-2H3. The minimum Gasteiger partial charge on any atom is -0.360 e. The van der Waals surface area contributed by atoms with Crippen molar-refractivity contribution in [1.29, 1.82) is 0 Å². The van der Waals surface area contributed by atoms with Gasteiger partial charge in [-0.2, -0.15) is 0 Å². The first kappa shape index (κ1) is 20.2. The smallest absolute Gasteiger partial charge is 0.0946 e. The van der Waals surface area contributed by atoms with Gasteiger partial charge in [0, 0.05) is 0 Å². The van der Waals surface area contributed by atoms with Gasteiger partial charge < -0.3 is 4.74 Å². The summed E-state index contributed by atoms with van der Waals surface area (Å²) >= 11 is 0. The van der Waals surface area contributed by atoms with Gasteiger partial charge in [-0.3, -0.25) is 0 Å². The first-order chi connectivity index (χ1) is 10.1. The number of hydrogen-bond acceptors (Lipinski definition) is 1. The van der Waals surface area contributed by atoms with Crippen LogP contribution in [0.5, 0.6) is 0 Å². The largest absolute Gasteiger partial charge is 0.360 e. The van der Waals surface area contributed by atoms with Gasteiger partial charge in [0.05, 0.1) is 11.2 Å². The molecule has 0 fully saturated rings. The number of rotatable bonds is 4. The molecule has 1 heterocycles. The summed E-state index contributed by atoms with van der Waals surface area (Å²) in [5.74, 6) is 0. The molecule has 0 saturated heterocycles. The van der Waals surface area contributed by atoms with Crippen LogP contribution in [0, 0.1) is 0 Å². The van der Waals surface area contributed by atoms with E-state index in [1.807, 2.05) is 27.7 Å². The van der Waals surface area contributed by atoms with Crippen molar-refractivity contribution in [3.63, 3.8) is 0 Å². The average Bonchev–Trinajstić information content (AvgIpc) is 2.73. The van der Waals surface area contributed by atoms with E-state index in [9.17, 15) is 0 Å². The summed E-state index contributed by atoms with van der Waals surface area (Å²) in [6, 6.07) is 8.75. The van der Waals surface area contributed by atoms with Crippen LogP contribution in [0.2, 0.25) is 0 Å². The maximum Gasteiger partial charge on any atom is 0.0946 e. The first-order valence-electron chi connectivity index (χ1n) is 8.86. The van der Waals surface area contributed by atoms with Gasteiger partial charge in [-0.25, -0.2) is 0 Å². The van der Waals surface area contributed by atoms with Gasteiger partial charge in [-0.15, -0.1) is 0 Å². The Balaban J connectivity index is 0.000000921. The van der Waals surface area contributed by atoms with Gasteiger partial charge in [0.15, 0.2) is 0 Å². The minimum absolute atomic E-state index is 0.0381. The number of benzene rings is 1. The second-order valence-electron chi connectivity index (χ2n) is 5.65. The zero-order chi connectivity index (χ0) is 16.5. The maximum atomic E-state index is 6.49. The van der Waals surface area contributed by atoms with Crippen LogP contribution in [0.15, 0.2) is 24.3 Å². The lowest BCUT2D eigenvalue weighted by atomic mass is 9.83. The lowest BCUT2D eigenvalue weighted by molar-refractivity contribution is -0.134. The maximum absolute atomic E-state index is 6.49. The van der Waals surface area contributed by atoms with Crippen molar-refractivity contribution in [3.05, 3.63) is 35.4 Å². The summed E-state index contributed by atoms with van der Waals surface area (Å²) in [4.78, 5) is 0. The molecule has 0 spiro atoms. The Morgan fingerprint density at radius 1 is 0.810 bits per heavy atom. The molecule has 1 aromatic carbocycles. The van der Waals surface area contributed by atoms with Crippen molar-refractivity contribution in [2.75, 3.05) is 0 Å². The third-order valence-corrected chi connectivity index (χ3v) is 3.82. The van der Waals surface area contributed by atoms with Crippen molar-refractivity contribution < 1.29 is 4.74 Å². The van der Waals surface area contributed by atoms with E-state index in [4.69, 9.17) is 4.74 Å². The van der Waals surface area contributed by atoms with Crippen LogP contribution in [0.1, 0.15) is 92.2 Å². The Morgan fingerprint density at radius 3 is 1.67 bits per heavy atom. The molecule has 1 aliphatic rings. The molecule has 1 aromatic rings. The van der Waals surface area contributed by atoms with E-state index < -0.39 is 0 Å². The average molecular weight is 293 g/mol. The Labute approximate surface area is 133 Å². The fraction of sp³-hybridized carbons (Fsp3) is 0.700. The normalized spacial score (nSPS) is 17.0. The minimum atomic E-state index is -0.138. The molecular formula is C20H36O. The Hall–Kier alpha value is -0.820. The zero-order valence-electron chi connectivity index (χ0n) is 15.5. The van der Waals surface area contributed by atoms with E-state index in [2.05, 4.69) is 52.0 Å². The zero-order valence-corrected chi connectivity index (χ0v) is 15.5. The number of fused-ring (bicyclic) bond motifs is 1. The molecule has 0 amide bonds. The van der Waals surface area contributed by atoms with Crippen LogP contribution in [0.25, 0.3) is 0 Å². The molecule has 0 aromatic heterocycles. The quantitative estimate of drug-likeness (QED) is 0.593. The molecule has 122 valence electrons. The fourth-order valence-corrected chi connectivity index (χ4v) is 3.31. The SMILES string of the molecule is CC.CC.CCCC1(CCC)OC(C)(C)c2ccccc21. The van der Waals surface area contributed by atoms with E-state index in [-0.39, 0.29) is 11.2 Å². The fourth-order valence-electron chi connectivity index (χ4n) is 3.31. The topological polar surface area (TPSA) is 9.23 Å². The third-order valence-electron chi connectivity index (χ3n) is 3.82. The summed E-state index contributed by atoms with van der Waals surface area (Å²) in [5.41, 5.74) is 2.63. The molecular weight excluding hydrogens is 256 g/mol. The monoisotopic (exact) mass is 292 g/mol. The first-order valence-corrected chi connectivity index (χ1v) is 8.86. The highest BCUT2D eigenvalue weighted by atomic mass is 16.5. The molecule has 0 radical (unpaired) electrons. The van der Waals surface area contributed by atoms with Gasteiger partial charge in [0.2, 0.25) is 0 Å². The molecule has 1 nitrogen and oxygen atoms in total. The summed E-state index contributed by atoms with van der Waals surface area (Å²) in [5, 5.41) is 0. The molecule has 0 N–H and O–H groups in total. The van der Waals surface area contributed by atoms with E-state index in [0.717, 1.165) is 12.8 Å². The molecule has 0 atom stereocenters. The second kappa shape index (κ2) is 9.25. The van der Waals surface area contributed by atoms with Crippen molar-refractivity contribution >= 4 is 0 Å². The Kier molecular flexibility index (Phi) is 8.89. The number of hydrogen-bond donors (Lipinski definition) is 0. The molecule has 1 aliphatic heterocycles. The van der Waals surface area contributed by atoms with Crippen LogP contribution >= 0.6 is 0 Å². The summed E-state index contributed by atoms with van der Waals surface area (Å²) in [7, 11) is 0. The van der Waals surface area contributed by atoms with Crippen LogP contribution in [0.3, 0.4) is 0 Å². The predicted molar refractivity (Wildman–Crippen MR) is 94.7 cm³/mol. The number of ether oxygens (including phenoxy) is 1. The molecule has 2 rings (SSSR count). The lowest BCUT2D eigenvalue weighted by Gasteiger charge is -2.32. The van der Waals surface area contributed by atoms with Gasteiger partial charge in [-0.1, -0.05) is 78.6 Å². The van der Waals surface area contributed by atoms with E-state index >= 15 is 0 Å². The van der Waals surface area contributed by atoms with Gasteiger partial charge >= 0.3 is 0 Å². The van der Waals surface area contributed by atoms with E-state index in [1.165, 1.54) is 24.0 Å². The van der Waals surface area contributed by atoms with Gasteiger partial charge in [0.1, 0.15) is 0 Å². The predicted octanol–water partition coefficient (Wildman–Crippen LogP) is 6.80. The van der Waals surface area contributed by atoms with E-state index in [1.54, 1.807) is 0 Å². The lowest BCUT2D eigenvalue weighted by Crippen LogP contribution is -2.29. The van der Waals surface area contributed by atoms with Crippen LogP contribution < -0.4 is 0 Å². The molecule has 21 heavy (non-hydrogen) atoms. The van der Waals surface area contributed by atoms with Crippen molar-refractivity contribution in [2.24, 2.45) is 0 Å². The van der Waals surface area contributed by atoms with Gasteiger partial charge in [-0.05, 0) is 37.8 Å². The summed E-state index contributed by atoms with van der Waals surface area (Å²) in [6.45, 7) is 16.9. The Bertz CT molecular complexity index is 387. The van der Waals surface area contributed by atoms with Gasteiger partial charge in [0.25, 0.3) is 0 Å². The highest BCUT2D eigenvalue weighted by Crippen LogP contribution is 2.51. The second-order valence-corrected chi connectivity index (χ2v) is 5.65. The molecule has 0 unspecified atom stereocenters. The molecule has 0 saturated carbocycles. The Morgan fingerprint density at radius 2 is 1.24 bits per heavy atom. The van der Waals surface area contributed by atoms with Crippen LogP contribution in [-0.4, -0.2) is 0 Å². The summed E-state index contributed by atoms with van der Waals surface area (Å²) < 4.78 is 6.49.